The number of likely N-dealkylation sites (tertiary alicyclic amines) is 1. The molecule has 8 nitrogen and oxygen atoms in total. The van der Waals surface area contributed by atoms with E-state index < -0.39 is 28.4 Å². The van der Waals surface area contributed by atoms with Gasteiger partial charge in [-0.3, -0.25) is 9.69 Å². The van der Waals surface area contributed by atoms with Crippen molar-refractivity contribution in [3.05, 3.63) is 36.0 Å². The van der Waals surface area contributed by atoms with Gasteiger partial charge >= 0.3 is 0 Å². The molecule has 9 heteroatoms. The second-order valence-corrected chi connectivity index (χ2v) is 13.7. The molecule has 6 atom stereocenters. The molecule has 1 amide bonds. The summed E-state index contributed by atoms with van der Waals surface area (Å²) in [5.41, 5.74) is 4.58. The lowest BCUT2D eigenvalue weighted by Crippen LogP contribution is -2.72. The first-order chi connectivity index (χ1) is 18.8. The molecule has 1 saturated carbocycles. The zero-order valence-electron chi connectivity index (χ0n) is 24.8. The van der Waals surface area contributed by atoms with Gasteiger partial charge in [0.2, 0.25) is 11.8 Å². The van der Waals surface area contributed by atoms with Gasteiger partial charge in [-0.15, -0.1) is 11.6 Å². The lowest BCUT2D eigenvalue weighted by molar-refractivity contribution is -0.897. The number of hydrogen-bond donors (Lipinski definition) is 3. The molecule has 2 heterocycles. The number of fused-ring (bicyclic) bond motifs is 1. The number of nitrogens with two attached hydrogens (primary N) is 1. The van der Waals surface area contributed by atoms with Crippen LogP contribution in [0.15, 0.2) is 30.3 Å². The lowest BCUT2D eigenvalue weighted by Gasteiger charge is -2.54. The maximum absolute atomic E-state index is 12.4. The van der Waals surface area contributed by atoms with Crippen molar-refractivity contribution in [3.63, 3.8) is 0 Å². The average Bonchev–Trinajstić information content (AvgIpc) is 3.23. The molecule has 1 aliphatic heterocycles. The maximum Gasteiger partial charge on any atom is 0.222 e. The van der Waals surface area contributed by atoms with Crippen LogP contribution in [0.1, 0.15) is 52.1 Å². The molecule has 40 heavy (non-hydrogen) atoms. The number of ether oxygens (including phenoxy) is 1. The highest BCUT2D eigenvalue weighted by Crippen LogP contribution is 2.45. The number of likely N-dealkylation sites (N-methyl/N-ethyl adjacent to an activating group) is 1. The molecule has 0 spiro atoms. The smallest absolute Gasteiger partial charge is 0.222 e. The topological polar surface area (TPSA) is 109 Å². The Morgan fingerprint density at radius 3 is 2.67 bits per heavy atom. The van der Waals surface area contributed by atoms with Crippen LogP contribution in [0, 0.1) is 11.8 Å². The molecule has 1 saturated heterocycles. The molecule has 4 unspecified atom stereocenters. The predicted octanol–water partition coefficient (Wildman–Crippen LogP) is 3.34. The van der Waals surface area contributed by atoms with Crippen molar-refractivity contribution in [2.75, 3.05) is 46.9 Å². The minimum Gasteiger partial charge on any atom is -0.471 e. The van der Waals surface area contributed by atoms with Gasteiger partial charge in [0.05, 0.1) is 31.0 Å². The van der Waals surface area contributed by atoms with Gasteiger partial charge in [-0.1, -0.05) is 38.5 Å². The number of carbonyl (C=O) groups excluding carboxylic acids is 1. The standard InChI is InChI=1S/C31H47ClN4O4/c1-6-7-11-23-18-22-10-8-9-12-24(22)29(34-23)40-16-15-36(4,5)20-31(39)26(32)25(28(33)37)17-21(2)27(31)35-14-13-30(3,38)19-35/h8-10,12,18,21,25-27,38-39H,6-7,11,13-17,19-20H2,1-5H3,(H-,33,37)/p+1/t21-,25?,26?,27?,30?,31+/m0/s1. The summed E-state index contributed by atoms with van der Waals surface area (Å²) >= 11 is 6.96. The molecule has 1 aromatic carbocycles. The Morgan fingerprint density at radius 2 is 2.02 bits per heavy atom. The number of quaternary nitrogens is 1. The monoisotopic (exact) mass is 575 g/mol. The molecule has 2 fully saturated rings. The molecular weight excluding hydrogens is 528 g/mol. The Morgan fingerprint density at radius 1 is 1.30 bits per heavy atom. The number of β-amino-alcohol motifs (C(OH)–C–C–N with tert-alkyl or cyclic N) is 1. The van der Waals surface area contributed by atoms with Crippen LogP contribution in [-0.4, -0.2) is 100.0 Å². The van der Waals surface area contributed by atoms with E-state index in [0.717, 1.165) is 35.7 Å². The summed E-state index contributed by atoms with van der Waals surface area (Å²) in [5, 5.41) is 24.4. The van der Waals surface area contributed by atoms with Crippen LogP contribution in [0.2, 0.25) is 0 Å². The lowest BCUT2D eigenvalue weighted by atomic mass is 9.67. The van der Waals surface area contributed by atoms with Crippen molar-refractivity contribution in [2.45, 2.75) is 75.5 Å². The van der Waals surface area contributed by atoms with Crippen LogP contribution in [-0.2, 0) is 11.2 Å². The number of carbonyl (C=O) groups is 1. The number of alkyl halides is 1. The van der Waals surface area contributed by atoms with E-state index in [4.69, 9.17) is 27.1 Å². The van der Waals surface area contributed by atoms with E-state index in [0.29, 0.717) is 56.0 Å². The highest BCUT2D eigenvalue weighted by molar-refractivity contribution is 6.23. The number of nitrogens with zero attached hydrogens (tertiary/aromatic N) is 3. The number of aryl methyl sites for hydroxylation is 1. The van der Waals surface area contributed by atoms with E-state index in [1.54, 1.807) is 0 Å². The summed E-state index contributed by atoms with van der Waals surface area (Å²) in [5.74, 6) is -0.495. The van der Waals surface area contributed by atoms with Gasteiger partial charge in [-0.05, 0) is 56.0 Å². The van der Waals surface area contributed by atoms with Crippen LogP contribution < -0.4 is 10.5 Å². The van der Waals surface area contributed by atoms with E-state index in [1.165, 1.54) is 0 Å². The summed E-state index contributed by atoms with van der Waals surface area (Å²) in [6, 6.07) is 9.98. The Hall–Kier alpha value is -1.97. The van der Waals surface area contributed by atoms with Gasteiger partial charge in [0, 0.05) is 30.2 Å². The Balaban J connectivity index is 1.53. The Bertz CT molecular complexity index is 1190. The third-order valence-electron chi connectivity index (χ3n) is 8.91. The SMILES string of the molecule is CCCCc1cc2ccccc2c(OCC[N+](C)(C)C[C@@]2(O)C(Cl)C(C(N)=O)C[C@H](C)C2N2CCC(C)(O)C2)n1. The molecule has 2 aromatic rings. The van der Waals surface area contributed by atoms with Crippen molar-refractivity contribution in [1.82, 2.24) is 9.88 Å². The minimum atomic E-state index is -1.39. The summed E-state index contributed by atoms with van der Waals surface area (Å²) in [6.07, 6.45) is 4.23. The largest absolute Gasteiger partial charge is 0.471 e. The van der Waals surface area contributed by atoms with Gasteiger partial charge in [0.1, 0.15) is 25.3 Å². The fraction of sp³-hybridized carbons (Fsp3) is 0.677. The Kier molecular flexibility index (Phi) is 9.37. The second-order valence-electron chi connectivity index (χ2n) is 13.2. The van der Waals surface area contributed by atoms with Crippen molar-refractivity contribution in [2.24, 2.45) is 17.6 Å². The summed E-state index contributed by atoms with van der Waals surface area (Å²) in [4.78, 5) is 19.4. The normalized spacial score (nSPS) is 31.5. The number of aliphatic hydroxyl groups is 2. The van der Waals surface area contributed by atoms with Crippen LogP contribution in [0.5, 0.6) is 5.88 Å². The maximum atomic E-state index is 12.4. The Labute approximate surface area is 244 Å². The predicted molar refractivity (Wildman–Crippen MR) is 159 cm³/mol. The van der Waals surface area contributed by atoms with Crippen molar-refractivity contribution in [3.8, 4) is 5.88 Å². The fourth-order valence-electron chi connectivity index (χ4n) is 6.96. The number of hydrogen-bond acceptors (Lipinski definition) is 6. The first-order valence-corrected chi connectivity index (χ1v) is 15.2. The average molecular weight is 576 g/mol. The van der Waals surface area contributed by atoms with E-state index in [9.17, 15) is 15.0 Å². The zero-order valence-corrected chi connectivity index (χ0v) is 25.5. The van der Waals surface area contributed by atoms with Gasteiger partial charge < -0.3 is 25.2 Å². The number of aromatic nitrogens is 1. The van der Waals surface area contributed by atoms with E-state index in [2.05, 4.69) is 24.0 Å². The van der Waals surface area contributed by atoms with Crippen LogP contribution in [0.4, 0.5) is 0 Å². The minimum absolute atomic E-state index is 0.0240. The number of amides is 1. The molecule has 222 valence electrons. The van der Waals surface area contributed by atoms with Crippen LogP contribution >= 0.6 is 11.6 Å². The third kappa shape index (κ3) is 6.73. The summed E-state index contributed by atoms with van der Waals surface area (Å²) in [6.45, 7) is 8.49. The third-order valence-corrected chi connectivity index (χ3v) is 9.59. The van der Waals surface area contributed by atoms with Crippen LogP contribution in [0.3, 0.4) is 0 Å². The van der Waals surface area contributed by atoms with Crippen LogP contribution in [0.25, 0.3) is 10.8 Å². The molecule has 0 radical (unpaired) electrons. The second kappa shape index (κ2) is 12.1. The highest BCUT2D eigenvalue weighted by atomic mass is 35.5. The first-order valence-electron chi connectivity index (χ1n) is 14.7. The van der Waals surface area contributed by atoms with E-state index >= 15 is 0 Å². The molecule has 0 bridgehead atoms. The van der Waals surface area contributed by atoms with Crippen molar-refractivity contribution < 1.29 is 24.2 Å². The number of rotatable bonds is 11. The van der Waals surface area contributed by atoms with Gasteiger partial charge in [0.15, 0.2) is 0 Å². The van der Waals surface area contributed by atoms with E-state index in [1.807, 2.05) is 46.1 Å². The molecule has 2 aliphatic rings. The molecular formula is C31H48ClN4O4+. The number of benzene rings is 1. The zero-order chi connectivity index (χ0) is 29.3. The van der Waals surface area contributed by atoms with Gasteiger partial charge in [-0.2, -0.15) is 0 Å². The number of halogens is 1. The fourth-order valence-corrected chi connectivity index (χ4v) is 7.38. The quantitative estimate of drug-likeness (QED) is 0.280. The molecule has 1 aromatic heterocycles. The summed E-state index contributed by atoms with van der Waals surface area (Å²) < 4.78 is 6.72. The molecule has 1 aliphatic carbocycles. The number of unbranched alkanes of at least 4 members (excludes halogenated alkanes) is 1. The molecule has 4 rings (SSSR count). The highest BCUT2D eigenvalue weighted by Gasteiger charge is 2.60. The molecule has 4 N–H and O–H groups in total. The number of pyridine rings is 1. The van der Waals surface area contributed by atoms with Gasteiger partial charge in [-0.25, -0.2) is 4.98 Å². The van der Waals surface area contributed by atoms with Gasteiger partial charge in [0.25, 0.3) is 0 Å². The van der Waals surface area contributed by atoms with Crippen molar-refractivity contribution in [1.29, 1.82) is 0 Å². The van der Waals surface area contributed by atoms with E-state index in [-0.39, 0.29) is 12.0 Å². The number of primary amides is 1. The van der Waals surface area contributed by atoms with Crippen molar-refractivity contribution >= 4 is 28.3 Å². The first kappa shape index (κ1) is 31.0. The summed E-state index contributed by atoms with van der Waals surface area (Å²) in [7, 11) is 4.09.